The first-order valence-electron chi connectivity index (χ1n) is 8.05. The highest BCUT2D eigenvalue weighted by molar-refractivity contribution is 5.71. The fraction of sp³-hybridized carbons (Fsp3) is 0.316. The largest absolute Gasteiger partial charge is 0.445 e. The van der Waals surface area contributed by atoms with Gasteiger partial charge in [0.1, 0.15) is 18.2 Å². The maximum absolute atomic E-state index is 14.2. The smallest absolute Gasteiger partial charge is 0.410 e. The van der Waals surface area contributed by atoms with Crippen molar-refractivity contribution in [1.82, 2.24) is 4.90 Å². The lowest BCUT2D eigenvalue weighted by Crippen LogP contribution is -2.39. The zero-order valence-electron chi connectivity index (χ0n) is 13.0. The Morgan fingerprint density at radius 2 is 2.00 bits per heavy atom. The number of benzene rings is 2. The first-order chi connectivity index (χ1) is 11.6. The average Bonchev–Trinajstić information content (AvgIpc) is 3.21. The predicted octanol–water partition coefficient (Wildman–Crippen LogP) is 4.22. The van der Waals surface area contributed by atoms with Gasteiger partial charge >= 0.3 is 6.09 Å². The molecule has 2 aliphatic rings. The topological polar surface area (TPSA) is 29.5 Å². The summed E-state index contributed by atoms with van der Waals surface area (Å²) < 4.78 is 33.2. The first kappa shape index (κ1) is 15.1. The third-order valence-electron chi connectivity index (χ3n) is 5.08. The highest BCUT2D eigenvalue weighted by Gasteiger charge is 2.66. The molecule has 5 heteroatoms. The molecule has 1 aliphatic carbocycles. The van der Waals surface area contributed by atoms with Gasteiger partial charge in [0.25, 0.3) is 0 Å². The lowest BCUT2D eigenvalue weighted by molar-refractivity contribution is 0.0818. The van der Waals surface area contributed by atoms with Crippen LogP contribution in [0.5, 0.6) is 0 Å². The summed E-state index contributed by atoms with van der Waals surface area (Å²) in [6.07, 6.45) is 0.979. The van der Waals surface area contributed by atoms with Gasteiger partial charge in [-0.2, -0.15) is 0 Å². The highest BCUT2D eigenvalue weighted by atomic mass is 19.1. The van der Waals surface area contributed by atoms with E-state index in [0.29, 0.717) is 13.0 Å². The van der Waals surface area contributed by atoms with Gasteiger partial charge in [-0.05, 0) is 42.5 Å². The lowest BCUT2D eigenvalue weighted by Gasteiger charge is -2.28. The van der Waals surface area contributed by atoms with Gasteiger partial charge in [0.05, 0.1) is 5.54 Å². The van der Waals surface area contributed by atoms with Crippen LogP contribution in [0.1, 0.15) is 24.0 Å². The van der Waals surface area contributed by atoms with E-state index in [9.17, 15) is 13.6 Å². The number of amides is 1. The molecule has 1 heterocycles. The minimum atomic E-state index is -0.736. The van der Waals surface area contributed by atoms with Crippen molar-refractivity contribution in [3.8, 4) is 0 Å². The van der Waals surface area contributed by atoms with E-state index >= 15 is 0 Å². The van der Waals surface area contributed by atoms with Crippen molar-refractivity contribution in [3.63, 3.8) is 0 Å². The molecule has 0 aromatic heterocycles. The molecule has 4 rings (SSSR count). The van der Waals surface area contributed by atoms with E-state index in [1.54, 1.807) is 4.90 Å². The Hall–Kier alpha value is -2.43. The minimum Gasteiger partial charge on any atom is -0.445 e. The van der Waals surface area contributed by atoms with Gasteiger partial charge in [-0.25, -0.2) is 13.6 Å². The summed E-state index contributed by atoms with van der Waals surface area (Å²) in [5.74, 6) is -0.782. The average molecular weight is 329 g/mol. The van der Waals surface area contributed by atoms with E-state index in [4.69, 9.17) is 4.74 Å². The quantitative estimate of drug-likeness (QED) is 0.844. The summed E-state index contributed by atoms with van der Waals surface area (Å²) >= 11 is 0. The van der Waals surface area contributed by atoms with Gasteiger partial charge in [0.2, 0.25) is 0 Å². The van der Waals surface area contributed by atoms with Crippen molar-refractivity contribution in [2.24, 2.45) is 5.92 Å². The zero-order valence-corrected chi connectivity index (χ0v) is 13.0. The van der Waals surface area contributed by atoms with Gasteiger partial charge in [-0.3, -0.25) is 4.90 Å². The highest BCUT2D eigenvalue weighted by Crippen LogP contribution is 2.63. The van der Waals surface area contributed by atoms with Gasteiger partial charge in [-0.15, -0.1) is 0 Å². The molecule has 124 valence electrons. The monoisotopic (exact) mass is 329 g/mol. The summed E-state index contributed by atoms with van der Waals surface area (Å²) in [6.45, 7) is 0.677. The molecule has 0 N–H and O–H groups in total. The molecule has 24 heavy (non-hydrogen) atoms. The molecule has 0 radical (unpaired) electrons. The van der Waals surface area contributed by atoms with Crippen LogP contribution in [0.15, 0.2) is 48.5 Å². The number of piperidine rings is 1. The van der Waals surface area contributed by atoms with E-state index in [0.717, 1.165) is 24.1 Å². The summed E-state index contributed by atoms with van der Waals surface area (Å²) in [6, 6.07) is 12.8. The van der Waals surface area contributed by atoms with Crippen molar-refractivity contribution in [2.45, 2.75) is 25.0 Å². The van der Waals surface area contributed by atoms with Crippen LogP contribution in [0.3, 0.4) is 0 Å². The van der Waals surface area contributed by atoms with Crippen LogP contribution in [-0.4, -0.2) is 17.5 Å². The van der Waals surface area contributed by atoms with Crippen molar-refractivity contribution in [2.75, 3.05) is 6.54 Å². The third-order valence-corrected chi connectivity index (χ3v) is 5.08. The van der Waals surface area contributed by atoms with E-state index in [-0.39, 0.29) is 18.1 Å². The zero-order chi connectivity index (χ0) is 16.7. The Morgan fingerprint density at radius 1 is 1.21 bits per heavy atom. The number of hydrogen-bond donors (Lipinski definition) is 0. The Kier molecular flexibility index (Phi) is 3.52. The SMILES string of the molecule is O=C(OCc1ccccc1)N1CC[C@H]2C[C@]21c1cc(F)ccc1F. The normalized spacial score (nSPS) is 24.6. The fourth-order valence-corrected chi connectivity index (χ4v) is 3.83. The summed E-state index contributed by atoms with van der Waals surface area (Å²) in [7, 11) is 0. The van der Waals surface area contributed by atoms with Gasteiger partial charge in [0.15, 0.2) is 0 Å². The number of carbonyl (C=O) groups excluding carboxylic acids is 1. The summed E-state index contributed by atoms with van der Waals surface area (Å²) in [5.41, 5.74) is 0.421. The van der Waals surface area contributed by atoms with E-state index in [1.165, 1.54) is 6.07 Å². The molecule has 2 atom stereocenters. The molecular weight excluding hydrogens is 312 g/mol. The molecule has 1 saturated heterocycles. The Labute approximate surface area is 138 Å². The number of nitrogens with zero attached hydrogens (tertiary/aromatic N) is 1. The molecule has 1 aliphatic heterocycles. The molecule has 2 fully saturated rings. The second kappa shape index (κ2) is 5.58. The van der Waals surface area contributed by atoms with Crippen molar-refractivity contribution < 1.29 is 18.3 Å². The predicted molar refractivity (Wildman–Crippen MR) is 84.1 cm³/mol. The van der Waals surface area contributed by atoms with Crippen molar-refractivity contribution in [3.05, 3.63) is 71.3 Å². The van der Waals surface area contributed by atoms with Crippen LogP contribution >= 0.6 is 0 Å². The van der Waals surface area contributed by atoms with Crippen LogP contribution in [0.4, 0.5) is 13.6 Å². The second-order valence-electron chi connectivity index (χ2n) is 6.43. The van der Waals surface area contributed by atoms with Crippen LogP contribution in [-0.2, 0) is 16.9 Å². The van der Waals surface area contributed by atoms with Crippen LogP contribution in [0.25, 0.3) is 0 Å². The molecule has 3 nitrogen and oxygen atoms in total. The Morgan fingerprint density at radius 3 is 2.75 bits per heavy atom. The van der Waals surface area contributed by atoms with Gasteiger partial charge in [-0.1, -0.05) is 30.3 Å². The Balaban J connectivity index is 1.55. The number of fused-ring (bicyclic) bond motifs is 1. The lowest BCUT2D eigenvalue weighted by atomic mass is 10.0. The second-order valence-corrected chi connectivity index (χ2v) is 6.43. The molecule has 2 aromatic rings. The standard InChI is InChI=1S/C19H17F2NO2/c20-15-6-7-17(21)16(10-15)19-11-14(19)8-9-22(19)18(23)24-12-13-4-2-1-3-5-13/h1-7,10,14H,8-9,11-12H2/t14-,19+/m0/s1. The molecule has 2 aromatic carbocycles. The van der Waals surface area contributed by atoms with Crippen LogP contribution < -0.4 is 0 Å². The number of ether oxygens (including phenoxy) is 1. The number of halogens is 2. The van der Waals surface area contributed by atoms with Crippen molar-refractivity contribution >= 4 is 6.09 Å². The first-order valence-corrected chi connectivity index (χ1v) is 8.05. The van der Waals surface area contributed by atoms with Crippen LogP contribution in [0, 0.1) is 17.6 Å². The van der Waals surface area contributed by atoms with E-state index < -0.39 is 23.3 Å². The molecule has 1 saturated carbocycles. The van der Waals surface area contributed by atoms with Gasteiger partial charge in [0, 0.05) is 12.1 Å². The van der Waals surface area contributed by atoms with Crippen molar-refractivity contribution in [1.29, 1.82) is 0 Å². The molecule has 0 bridgehead atoms. The Bertz CT molecular complexity index is 780. The maximum atomic E-state index is 14.2. The number of likely N-dealkylation sites (tertiary alicyclic amines) is 1. The molecule has 0 spiro atoms. The van der Waals surface area contributed by atoms with E-state index in [1.807, 2.05) is 30.3 Å². The molecule has 0 unspecified atom stereocenters. The number of rotatable bonds is 3. The third kappa shape index (κ3) is 2.35. The maximum Gasteiger partial charge on any atom is 0.410 e. The number of hydrogen-bond acceptors (Lipinski definition) is 2. The molecular formula is C19H17F2NO2. The number of carbonyl (C=O) groups is 1. The summed E-state index contributed by atoms with van der Waals surface area (Å²) in [5, 5.41) is 0. The summed E-state index contributed by atoms with van der Waals surface area (Å²) in [4.78, 5) is 14.1. The fourth-order valence-electron chi connectivity index (χ4n) is 3.83. The molecule has 1 amide bonds. The minimum absolute atomic E-state index is 0.169. The van der Waals surface area contributed by atoms with Crippen LogP contribution in [0.2, 0.25) is 0 Å². The van der Waals surface area contributed by atoms with E-state index in [2.05, 4.69) is 0 Å². The van der Waals surface area contributed by atoms with Gasteiger partial charge < -0.3 is 4.74 Å².